The molecule has 4 aromatic heterocycles. The third-order valence-electron chi connectivity index (χ3n) is 10.3. The average Bonchev–Trinajstić information content (AvgIpc) is 3.95. The summed E-state index contributed by atoms with van der Waals surface area (Å²) in [5.41, 5.74) is 11.6. The lowest BCUT2D eigenvalue weighted by Crippen LogP contribution is -2.10. The van der Waals surface area contributed by atoms with E-state index in [0.717, 1.165) is 67.4 Å². The molecule has 4 heterocycles. The highest BCUT2D eigenvalue weighted by Gasteiger charge is 2.19. The molecule has 6 heteroatoms. The van der Waals surface area contributed by atoms with Crippen molar-refractivity contribution in [2.45, 2.75) is 0 Å². The highest BCUT2D eigenvalue weighted by molar-refractivity contribution is 6.14. The number of aromatic nitrogens is 3. The number of nitrogens with zero attached hydrogens (tertiary/aromatic N) is 4. The summed E-state index contributed by atoms with van der Waals surface area (Å²) in [5.74, 6) is 1.38. The van der Waals surface area contributed by atoms with Gasteiger partial charge in [0.15, 0.2) is 11.2 Å². The Bertz CT molecular complexity index is 2970. The smallest absolute Gasteiger partial charge is 0.227 e. The van der Waals surface area contributed by atoms with E-state index in [1.807, 2.05) is 42.5 Å². The van der Waals surface area contributed by atoms with Gasteiger partial charge in [-0.2, -0.15) is 0 Å². The third-order valence-corrected chi connectivity index (χ3v) is 10.3. The van der Waals surface area contributed by atoms with Crippen LogP contribution in [-0.2, 0) is 0 Å². The van der Waals surface area contributed by atoms with Crippen LogP contribution in [0.25, 0.3) is 83.2 Å². The number of furan rings is 1. The van der Waals surface area contributed by atoms with E-state index in [0.29, 0.717) is 5.89 Å². The number of hydrogen-bond donors (Lipinski definition) is 0. The topological polar surface area (TPSA) is 60.2 Å². The number of anilines is 3. The van der Waals surface area contributed by atoms with Gasteiger partial charge in [-0.05, 0) is 126 Å². The summed E-state index contributed by atoms with van der Waals surface area (Å²) in [6.07, 6.45) is 1.79. The summed E-state index contributed by atoms with van der Waals surface area (Å²) in [7, 11) is 0. The van der Waals surface area contributed by atoms with Gasteiger partial charge in [0.2, 0.25) is 5.89 Å². The maximum atomic E-state index is 6.17. The first-order chi connectivity index (χ1) is 26.7. The van der Waals surface area contributed by atoms with Crippen LogP contribution in [0.15, 0.2) is 191 Å². The number of hydrogen-bond acceptors (Lipinski definition) is 5. The summed E-state index contributed by atoms with van der Waals surface area (Å²) < 4.78 is 14.7. The van der Waals surface area contributed by atoms with Crippen LogP contribution in [0.3, 0.4) is 0 Å². The number of benzene rings is 7. The summed E-state index contributed by atoms with van der Waals surface area (Å²) in [6, 6.07) is 61.2. The third kappa shape index (κ3) is 4.96. The SMILES string of the molecule is c1ccc(-n2c3ccc(N(c4ccc(-c5cc6ncccc6o5)cc4)c4ccc(-c5nc6ccccc6o5)cc4)cc3c3cc4ccccc4cc32)cc1. The van der Waals surface area contributed by atoms with Crippen molar-refractivity contribution in [3.8, 4) is 28.5 Å². The molecule has 0 saturated carbocycles. The molecule has 11 rings (SSSR count). The lowest BCUT2D eigenvalue weighted by atomic mass is 10.1. The van der Waals surface area contributed by atoms with Gasteiger partial charge < -0.3 is 18.3 Å². The van der Waals surface area contributed by atoms with Crippen LogP contribution in [-0.4, -0.2) is 14.5 Å². The summed E-state index contributed by atoms with van der Waals surface area (Å²) in [4.78, 5) is 11.5. The minimum atomic E-state index is 0.598. The Morgan fingerprint density at radius 2 is 1.11 bits per heavy atom. The molecule has 0 amide bonds. The molecule has 7 aromatic carbocycles. The van der Waals surface area contributed by atoms with Crippen molar-refractivity contribution in [1.82, 2.24) is 14.5 Å². The van der Waals surface area contributed by atoms with Crippen molar-refractivity contribution in [1.29, 1.82) is 0 Å². The van der Waals surface area contributed by atoms with E-state index in [1.54, 1.807) is 6.20 Å². The average molecular weight is 695 g/mol. The number of para-hydroxylation sites is 3. The molecule has 0 spiro atoms. The summed E-state index contributed by atoms with van der Waals surface area (Å²) in [5, 5.41) is 4.81. The Kier molecular flexibility index (Phi) is 6.75. The van der Waals surface area contributed by atoms with E-state index in [-0.39, 0.29) is 0 Å². The molecular weight excluding hydrogens is 665 g/mol. The van der Waals surface area contributed by atoms with Crippen molar-refractivity contribution in [3.05, 3.63) is 182 Å². The number of oxazole rings is 1. The second-order valence-corrected chi connectivity index (χ2v) is 13.5. The van der Waals surface area contributed by atoms with Crippen LogP contribution < -0.4 is 4.90 Å². The van der Waals surface area contributed by atoms with E-state index in [4.69, 9.17) is 13.8 Å². The highest BCUT2D eigenvalue weighted by Crippen LogP contribution is 2.42. The van der Waals surface area contributed by atoms with Crippen LogP contribution >= 0.6 is 0 Å². The quantitative estimate of drug-likeness (QED) is 0.173. The molecule has 0 N–H and O–H groups in total. The van der Waals surface area contributed by atoms with Gasteiger partial charge in [-0.15, -0.1) is 0 Å². The normalized spacial score (nSPS) is 11.7. The molecule has 0 bridgehead atoms. The van der Waals surface area contributed by atoms with Gasteiger partial charge in [-0.1, -0.05) is 54.6 Å². The lowest BCUT2D eigenvalue weighted by Gasteiger charge is -2.26. The first-order valence-corrected chi connectivity index (χ1v) is 18.0. The predicted octanol–water partition coefficient (Wildman–Crippen LogP) is 13.0. The zero-order valence-electron chi connectivity index (χ0n) is 28.9. The molecule has 0 atom stereocenters. The Morgan fingerprint density at radius 1 is 0.463 bits per heavy atom. The molecule has 0 unspecified atom stereocenters. The minimum Gasteiger partial charge on any atom is -0.454 e. The maximum absolute atomic E-state index is 6.17. The van der Waals surface area contributed by atoms with Crippen molar-refractivity contribution in [2.75, 3.05) is 4.90 Å². The highest BCUT2D eigenvalue weighted by atomic mass is 16.3. The van der Waals surface area contributed by atoms with Gasteiger partial charge in [-0.25, -0.2) is 4.98 Å². The molecule has 0 aliphatic heterocycles. The summed E-state index contributed by atoms with van der Waals surface area (Å²) in [6.45, 7) is 0. The monoisotopic (exact) mass is 694 g/mol. The second-order valence-electron chi connectivity index (χ2n) is 13.5. The minimum absolute atomic E-state index is 0.598. The fourth-order valence-electron chi connectivity index (χ4n) is 7.67. The van der Waals surface area contributed by atoms with E-state index in [2.05, 4.69) is 148 Å². The lowest BCUT2D eigenvalue weighted by molar-refractivity contribution is 0.620. The van der Waals surface area contributed by atoms with Gasteiger partial charge in [0.05, 0.1) is 11.0 Å². The molecule has 0 aliphatic carbocycles. The maximum Gasteiger partial charge on any atom is 0.227 e. The molecule has 254 valence electrons. The fourth-order valence-corrected chi connectivity index (χ4v) is 7.67. The fraction of sp³-hybridized carbons (Fsp3) is 0. The molecule has 0 radical (unpaired) electrons. The van der Waals surface area contributed by atoms with E-state index in [1.165, 1.54) is 27.1 Å². The van der Waals surface area contributed by atoms with Crippen molar-refractivity contribution < 1.29 is 8.83 Å². The van der Waals surface area contributed by atoms with Gasteiger partial charge >= 0.3 is 0 Å². The van der Waals surface area contributed by atoms with Crippen molar-refractivity contribution in [2.24, 2.45) is 0 Å². The van der Waals surface area contributed by atoms with Gasteiger partial charge in [0.1, 0.15) is 16.8 Å². The van der Waals surface area contributed by atoms with Crippen LogP contribution in [0.1, 0.15) is 0 Å². The van der Waals surface area contributed by atoms with Gasteiger partial charge in [0, 0.05) is 56.9 Å². The number of fused-ring (bicyclic) bond motifs is 6. The molecule has 6 nitrogen and oxygen atoms in total. The zero-order chi connectivity index (χ0) is 35.6. The van der Waals surface area contributed by atoms with Crippen LogP contribution in [0.4, 0.5) is 17.1 Å². The molecule has 0 fully saturated rings. The molecular formula is C48H30N4O2. The van der Waals surface area contributed by atoms with Crippen LogP contribution in [0.5, 0.6) is 0 Å². The Balaban J connectivity index is 1.08. The van der Waals surface area contributed by atoms with Crippen LogP contribution in [0, 0.1) is 0 Å². The van der Waals surface area contributed by atoms with E-state index in [9.17, 15) is 0 Å². The molecule has 54 heavy (non-hydrogen) atoms. The largest absolute Gasteiger partial charge is 0.454 e. The van der Waals surface area contributed by atoms with E-state index >= 15 is 0 Å². The number of rotatable bonds is 6. The van der Waals surface area contributed by atoms with Crippen molar-refractivity contribution in [3.63, 3.8) is 0 Å². The number of pyridine rings is 1. The molecule has 11 aromatic rings. The Morgan fingerprint density at radius 3 is 1.89 bits per heavy atom. The zero-order valence-corrected chi connectivity index (χ0v) is 28.9. The van der Waals surface area contributed by atoms with Gasteiger partial charge in [0.25, 0.3) is 0 Å². The predicted molar refractivity (Wildman–Crippen MR) is 219 cm³/mol. The second kappa shape index (κ2) is 12.1. The Labute approximate surface area is 309 Å². The molecule has 0 saturated heterocycles. The Hall–Kier alpha value is -7.44. The standard InChI is InChI=1S/C48H30N4O2/c1-2-11-35(12-3-1)52-43-25-24-38(29-40(43)39-27-33-9-4-5-10-34(33)28-44(39)52)51(36-20-16-31(17-21-36)47-30-42-46(53-47)15-8-26-49-42)37-22-18-32(19-23-37)48-50-41-13-6-7-14-45(41)54-48/h1-30H. The van der Waals surface area contributed by atoms with Crippen LogP contribution in [0.2, 0.25) is 0 Å². The van der Waals surface area contributed by atoms with Gasteiger partial charge in [-0.3, -0.25) is 4.98 Å². The molecule has 0 aliphatic rings. The first-order valence-electron chi connectivity index (χ1n) is 18.0. The van der Waals surface area contributed by atoms with Crippen molar-refractivity contribution >= 4 is 71.8 Å². The first kappa shape index (κ1) is 30.2. The summed E-state index contributed by atoms with van der Waals surface area (Å²) >= 11 is 0. The van der Waals surface area contributed by atoms with E-state index < -0.39 is 0 Å².